The Kier molecular flexibility index (Phi) is 5.62. The van der Waals surface area contributed by atoms with E-state index in [2.05, 4.69) is 4.98 Å². The van der Waals surface area contributed by atoms with Gasteiger partial charge < -0.3 is 9.47 Å². The fraction of sp³-hybridized carbons (Fsp3) is 0.455. The van der Waals surface area contributed by atoms with Gasteiger partial charge in [-0.25, -0.2) is 4.98 Å². The lowest BCUT2D eigenvalue weighted by atomic mass is 10.3. The molecular weight excluding hydrogens is 228 g/mol. The SMILES string of the molecule is CCCOCCOc1cc(C#N)cc(Cl)n1. The molecule has 1 rings (SSSR count). The summed E-state index contributed by atoms with van der Waals surface area (Å²) >= 11 is 5.72. The molecule has 0 radical (unpaired) electrons. The van der Waals surface area contributed by atoms with Crippen LogP contribution < -0.4 is 4.74 Å². The topological polar surface area (TPSA) is 55.1 Å². The number of hydrogen-bond acceptors (Lipinski definition) is 4. The number of halogens is 1. The van der Waals surface area contributed by atoms with Crippen molar-refractivity contribution in [3.05, 3.63) is 22.8 Å². The molecule has 0 atom stereocenters. The Morgan fingerprint density at radius 1 is 1.38 bits per heavy atom. The number of hydrogen-bond donors (Lipinski definition) is 0. The van der Waals surface area contributed by atoms with Gasteiger partial charge in [0, 0.05) is 12.7 Å². The van der Waals surface area contributed by atoms with E-state index in [1.165, 1.54) is 6.07 Å². The summed E-state index contributed by atoms with van der Waals surface area (Å²) in [5.41, 5.74) is 0.435. The van der Waals surface area contributed by atoms with Crippen molar-refractivity contribution < 1.29 is 9.47 Å². The predicted molar refractivity (Wildman–Crippen MR) is 60.6 cm³/mol. The largest absolute Gasteiger partial charge is 0.475 e. The van der Waals surface area contributed by atoms with Gasteiger partial charge in [0.15, 0.2) is 0 Å². The zero-order valence-corrected chi connectivity index (χ0v) is 9.83. The summed E-state index contributed by atoms with van der Waals surface area (Å²) in [6, 6.07) is 5.02. The van der Waals surface area contributed by atoms with Crippen molar-refractivity contribution in [2.24, 2.45) is 0 Å². The normalized spacial score (nSPS) is 9.81. The third kappa shape index (κ3) is 4.47. The molecule has 0 fully saturated rings. The van der Waals surface area contributed by atoms with Gasteiger partial charge in [0.25, 0.3) is 0 Å². The smallest absolute Gasteiger partial charge is 0.216 e. The van der Waals surface area contributed by atoms with Crippen LogP contribution in [-0.4, -0.2) is 24.8 Å². The highest BCUT2D eigenvalue weighted by molar-refractivity contribution is 6.29. The van der Waals surface area contributed by atoms with Gasteiger partial charge in [-0.1, -0.05) is 18.5 Å². The molecule has 1 heterocycles. The molecular formula is C11H13ClN2O2. The molecule has 0 amide bonds. The first kappa shape index (κ1) is 12.8. The minimum absolute atomic E-state index is 0.253. The van der Waals surface area contributed by atoms with E-state index in [9.17, 15) is 0 Å². The summed E-state index contributed by atoms with van der Waals surface area (Å²) in [7, 11) is 0. The second kappa shape index (κ2) is 7.04. The van der Waals surface area contributed by atoms with Gasteiger partial charge in [-0.2, -0.15) is 5.26 Å². The van der Waals surface area contributed by atoms with Crippen molar-refractivity contribution >= 4 is 11.6 Å². The lowest BCUT2D eigenvalue weighted by Gasteiger charge is -2.06. The average Bonchev–Trinajstić information content (AvgIpc) is 2.28. The van der Waals surface area contributed by atoms with Crippen LogP contribution in [0.4, 0.5) is 0 Å². The van der Waals surface area contributed by atoms with E-state index >= 15 is 0 Å². The van der Waals surface area contributed by atoms with E-state index in [0.29, 0.717) is 24.7 Å². The fourth-order valence-electron chi connectivity index (χ4n) is 1.06. The summed E-state index contributed by atoms with van der Waals surface area (Å²) in [5, 5.41) is 8.96. The first-order chi connectivity index (χ1) is 7.76. The first-order valence-electron chi connectivity index (χ1n) is 5.04. The molecule has 86 valence electrons. The van der Waals surface area contributed by atoms with Gasteiger partial charge in [-0.05, 0) is 12.5 Å². The van der Waals surface area contributed by atoms with Crippen molar-refractivity contribution in [1.29, 1.82) is 5.26 Å². The van der Waals surface area contributed by atoms with Crippen molar-refractivity contribution in [2.45, 2.75) is 13.3 Å². The molecule has 4 nitrogen and oxygen atoms in total. The molecule has 0 saturated heterocycles. The number of aromatic nitrogens is 1. The fourth-order valence-corrected chi connectivity index (χ4v) is 1.26. The van der Waals surface area contributed by atoms with Crippen molar-refractivity contribution in [1.82, 2.24) is 4.98 Å². The van der Waals surface area contributed by atoms with Gasteiger partial charge in [-0.15, -0.1) is 0 Å². The Hall–Kier alpha value is -1.31. The summed E-state index contributed by atoms with van der Waals surface area (Å²) in [6.07, 6.45) is 0.980. The van der Waals surface area contributed by atoms with Crippen LogP contribution in [0.25, 0.3) is 0 Å². The quantitative estimate of drug-likeness (QED) is 0.566. The average molecular weight is 241 g/mol. The van der Waals surface area contributed by atoms with Crippen LogP contribution >= 0.6 is 11.6 Å². The van der Waals surface area contributed by atoms with Crippen molar-refractivity contribution in [2.75, 3.05) is 19.8 Å². The number of nitriles is 1. The Morgan fingerprint density at radius 3 is 2.88 bits per heavy atom. The third-order valence-electron chi connectivity index (χ3n) is 1.73. The van der Waals surface area contributed by atoms with Crippen LogP contribution in [-0.2, 0) is 4.74 Å². The van der Waals surface area contributed by atoms with E-state index in [1.807, 2.05) is 13.0 Å². The van der Waals surface area contributed by atoms with Crippen LogP contribution in [0.1, 0.15) is 18.9 Å². The Bertz CT molecular complexity index is 377. The minimum atomic E-state index is 0.253. The first-order valence-corrected chi connectivity index (χ1v) is 5.42. The van der Waals surface area contributed by atoms with E-state index in [0.717, 1.165) is 13.0 Å². The van der Waals surface area contributed by atoms with E-state index in [-0.39, 0.29) is 5.15 Å². The lowest BCUT2D eigenvalue weighted by molar-refractivity contribution is 0.0990. The Morgan fingerprint density at radius 2 is 2.19 bits per heavy atom. The van der Waals surface area contributed by atoms with E-state index < -0.39 is 0 Å². The van der Waals surface area contributed by atoms with Gasteiger partial charge in [0.05, 0.1) is 18.2 Å². The van der Waals surface area contributed by atoms with E-state index in [1.54, 1.807) is 6.07 Å². The zero-order chi connectivity index (χ0) is 11.8. The van der Waals surface area contributed by atoms with E-state index in [4.69, 9.17) is 26.3 Å². The van der Waals surface area contributed by atoms with Gasteiger partial charge in [0.2, 0.25) is 5.88 Å². The molecule has 0 saturated carbocycles. The second-order valence-corrected chi connectivity index (χ2v) is 3.48. The highest BCUT2D eigenvalue weighted by atomic mass is 35.5. The van der Waals surface area contributed by atoms with Gasteiger partial charge in [-0.3, -0.25) is 0 Å². The molecule has 0 aliphatic carbocycles. The van der Waals surface area contributed by atoms with Crippen LogP contribution in [0.3, 0.4) is 0 Å². The Balaban J connectivity index is 2.42. The molecule has 5 heteroatoms. The van der Waals surface area contributed by atoms with Crippen molar-refractivity contribution in [3.8, 4) is 11.9 Å². The molecule has 0 spiro atoms. The Labute approximate surface area is 99.8 Å². The van der Waals surface area contributed by atoms with Gasteiger partial charge in [0.1, 0.15) is 11.8 Å². The van der Waals surface area contributed by atoms with Gasteiger partial charge >= 0.3 is 0 Å². The molecule has 16 heavy (non-hydrogen) atoms. The number of pyridine rings is 1. The molecule has 1 aromatic heterocycles. The standard InChI is InChI=1S/C11H13ClN2O2/c1-2-3-15-4-5-16-11-7-9(8-13)6-10(12)14-11/h6-7H,2-5H2,1H3. The molecule has 0 aromatic carbocycles. The summed E-state index contributed by atoms with van der Waals surface area (Å²) < 4.78 is 10.5. The minimum Gasteiger partial charge on any atom is -0.475 e. The van der Waals surface area contributed by atoms with Crippen LogP contribution in [0.5, 0.6) is 5.88 Å². The summed E-state index contributed by atoms with van der Waals surface area (Å²) in [6.45, 7) is 3.66. The highest BCUT2D eigenvalue weighted by Crippen LogP contribution is 2.15. The maximum absolute atomic E-state index is 8.71. The molecule has 0 unspecified atom stereocenters. The summed E-state index contributed by atoms with van der Waals surface area (Å²) in [4.78, 5) is 3.94. The van der Waals surface area contributed by atoms with Crippen LogP contribution in [0.15, 0.2) is 12.1 Å². The number of ether oxygens (including phenoxy) is 2. The molecule has 0 aliphatic rings. The molecule has 0 N–H and O–H groups in total. The number of rotatable bonds is 6. The maximum atomic E-state index is 8.71. The van der Waals surface area contributed by atoms with Crippen molar-refractivity contribution in [3.63, 3.8) is 0 Å². The number of nitrogens with zero attached hydrogens (tertiary/aromatic N) is 2. The monoisotopic (exact) mass is 240 g/mol. The predicted octanol–water partition coefficient (Wildman–Crippen LogP) is 2.41. The molecule has 0 bridgehead atoms. The lowest BCUT2D eigenvalue weighted by Crippen LogP contribution is -2.08. The maximum Gasteiger partial charge on any atom is 0.216 e. The zero-order valence-electron chi connectivity index (χ0n) is 9.07. The molecule has 0 aliphatic heterocycles. The summed E-state index contributed by atoms with van der Waals surface area (Å²) in [5.74, 6) is 0.351. The second-order valence-electron chi connectivity index (χ2n) is 3.09. The van der Waals surface area contributed by atoms with Crippen LogP contribution in [0.2, 0.25) is 5.15 Å². The highest BCUT2D eigenvalue weighted by Gasteiger charge is 2.01. The third-order valence-corrected chi connectivity index (χ3v) is 1.92. The van der Waals surface area contributed by atoms with Crippen LogP contribution in [0, 0.1) is 11.3 Å². The molecule has 1 aromatic rings.